The number of nitrogens with zero attached hydrogens (tertiary/aromatic N) is 1. The molecule has 0 spiro atoms. The van der Waals surface area contributed by atoms with E-state index >= 15 is 0 Å². The van der Waals surface area contributed by atoms with Crippen molar-refractivity contribution in [3.8, 4) is 5.75 Å². The van der Waals surface area contributed by atoms with Crippen LogP contribution in [0.15, 0.2) is 42.6 Å². The summed E-state index contributed by atoms with van der Waals surface area (Å²) in [6, 6.07) is 12.1. The van der Waals surface area contributed by atoms with Gasteiger partial charge in [0, 0.05) is 24.9 Å². The molecular weight excluding hydrogens is 224 g/mol. The molecule has 3 heteroatoms. The smallest absolute Gasteiger partial charge is 0.141 e. The van der Waals surface area contributed by atoms with E-state index in [4.69, 9.17) is 4.74 Å². The Labute approximate surface area is 108 Å². The normalized spacial score (nSPS) is 10.1. The van der Waals surface area contributed by atoms with Gasteiger partial charge in [0.05, 0.1) is 12.8 Å². The molecule has 0 bridgehead atoms. The summed E-state index contributed by atoms with van der Waals surface area (Å²) in [5.74, 6) is 0.877. The van der Waals surface area contributed by atoms with Gasteiger partial charge in [-0.1, -0.05) is 12.1 Å². The van der Waals surface area contributed by atoms with Crippen LogP contribution >= 0.6 is 0 Å². The minimum Gasteiger partial charge on any atom is -0.495 e. The number of rotatable bonds is 5. The van der Waals surface area contributed by atoms with Crippen LogP contribution in [-0.4, -0.2) is 18.6 Å². The Morgan fingerprint density at radius 3 is 2.83 bits per heavy atom. The Balaban J connectivity index is 1.96. The molecule has 0 amide bonds. The topological polar surface area (TPSA) is 34.1 Å². The van der Waals surface area contributed by atoms with Gasteiger partial charge in [-0.2, -0.15) is 0 Å². The molecule has 0 saturated heterocycles. The van der Waals surface area contributed by atoms with Crippen LogP contribution in [0.4, 0.5) is 5.69 Å². The number of aryl methyl sites for hydroxylation is 1. The maximum Gasteiger partial charge on any atom is 0.141 e. The molecule has 0 aliphatic heterocycles. The molecule has 0 unspecified atom stereocenters. The Morgan fingerprint density at radius 1 is 1.22 bits per heavy atom. The molecule has 2 aromatic rings. The van der Waals surface area contributed by atoms with Crippen molar-refractivity contribution in [2.75, 3.05) is 19.0 Å². The molecule has 0 atom stereocenters. The number of pyridine rings is 1. The van der Waals surface area contributed by atoms with Crippen LogP contribution in [0.3, 0.4) is 0 Å². The van der Waals surface area contributed by atoms with Gasteiger partial charge in [0.2, 0.25) is 0 Å². The zero-order chi connectivity index (χ0) is 12.8. The molecule has 1 heterocycles. The standard InChI is InChI=1S/C15H18N2O/c1-12-6-7-15(18-2)14(11-12)17-10-8-13-5-3-4-9-16-13/h3-7,9,11,17H,8,10H2,1-2H3. The third kappa shape index (κ3) is 3.23. The summed E-state index contributed by atoms with van der Waals surface area (Å²) in [7, 11) is 1.69. The number of anilines is 1. The third-order valence-corrected chi connectivity index (χ3v) is 2.78. The van der Waals surface area contributed by atoms with Crippen LogP contribution < -0.4 is 10.1 Å². The van der Waals surface area contributed by atoms with Crippen LogP contribution in [0.2, 0.25) is 0 Å². The summed E-state index contributed by atoms with van der Waals surface area (Å²) >= 11 is 0. The van der Waals surface area contributed by atoms with E-state index in [1.807, 2.05) is 36.5 Å². The van der Waals surface area contributed by atoms with E-state index in [0.29, 0.717) is 0 Å². The fourth-order valence-corrected chi connectivity index (χ4v) is 1.83. The van der Waals surface area contributed by atoms with Gasteiger partial charge in [0.15, 0.2) is 0 Å². The zero-order valence-corrected chi connectivity index (χ0v) is 10.8. The predicted octanol–water partition coefficient (Wildman–Crippen LogP) is 3.05. The van der Waals surface area contributed by atoms with Crippen molar-refractivity contribution in [1.82, 2.24) is 4.98 Å². The quantitative estimate of drug-likeness (QED) is 0.875. The lowest BCUT2D eigenvalue weighted by atomic mass is 10.2. The first-order chi connectivity index (χ1) is 8.79. The Kier molecular flexibility index (Phi) is 4.18. The second kappa shape index (κ2) is 6.05. The number of hydrogen-bond acceptors (Lipinski definition) is 3. The van der Waals surface area contributed by atoms with E-state index < -0.39 is 0 Å². The Morgan fingerprint density at radius 2 is 2.11 bits per heavy atom. The lowest BCUT2D eigenvalue weighted by Gasteiger charge is -2.11. The molecule has 2 rings (SSSR count). The minimum absolute atomic E-state index is 0.844. The number of methoxy groups -OCH3 is 1. The van der Waals surface area contributed by atoms with Crippen LogP contribution in [0.1, 0.15) is 11.3 Å². The first kappa shape index (κ1) is 12.4. The highest BCUT2D eigenvalue weighted by molar-refractivity contribution is 5.57. The highest BCUT2D eigenvalue weighted by Gasteiger charge is 2.02. The first-order valence-electron chi connectivity index (χ1n) is 6.08. The first-order valence-corrected chi connectivity index (χ1v) is 6.08. The molecule has 1 aromatic carbocycles. The number of benzene rings is 1. The maximum atomic E-state index is 5.32. The summed E-state index contributed by atoms with van der Waals surface area (Å²) in [5, 5.41) is 3.39. The summed E-state index contributed by atoms with van der Waals surface area (Å²) in [5.41, 5.74) is 3.35. The zero-order valence-electron chi connectivity index (χ0n) is 10.8. The fraction of sp³-hybridized carbons (Fsp3) is 0.267. The molecule has 18 heavy (non-hydrogen) atoms. The average Bonchev–Trinajstić information content (AvgIpc) is 2.40. The molecule has 0 aliphatic carbocycles. The highest BCUT2D eigenvalue weighted by atomic mass is 16.5. The van der Waals surface area contributed by atoms with E-state index in [0.717, 1.165) is 30.1 Å². The summed E-state index contributed by atoms with van der Waals surface area (Å²) in [4.78, 5) is 4.30. The lowest BCUT2D eigenvalue weighted by Crippen LogP contribution is -2.07. The van der Waals surface area contributed by atoms with Crippen LogP contribution in [0.25, 0.3) is 0 Å². The predicted molar refractivity (Wildman–Crippen MR) is 74.2 cm³/mol. The molecule has 0 fully saturated rings. The number of ether oxygens (including phenoxy) is 1. The van der Waals surface area contributed by atoms with Crippen molar-refractivity contribution in [2.45, 2.75) is 13.3 Å². The van der Waals surface area contributed by atoms with Gasteiger partial charge in [-0.05, 0) is 36.8 Å². The molecule has 0 saturated carbocycles. The maximum absolute atomic E-state index is 5.32. The van der Waals surface area contributed by atoms with E-state index in [-0.39, 0.29) is 0 Å². The Hall–Kier alpha value is -2.03. The van der Waals surface area contributed by atoms with Gasteiger partial charge in [0.1, 0.15) is 5.75 Å². The van der Waals surface area contributed by atoms with Gasteiger partial charge in [-0.25, -0.2) is 0 Å². The third-order valence-electron chi connectivity index (χ3n) is 2.78. The summed E-state index contributed by atoms with van der Waals surface area (Å²) < 4.78 is 5.32. The van der Waals surface area contributed by atoms with Crippen molar-refractivity contribution >= 4 is 5.69 Å². The van der Waals surface area contributed by atoms with E-state index in [9.17, 15) is 0 Å². The van der Waals surface area contributed by atoms with E-state index in [1.54, 1.807) is 7.11 Å². The van der Waals surface area contributed by atoms with Crippen molar-refractivity contribution in [1.29, 1.82) is 0 Å². The van der Waals surface area contributed by atoms with Gasteiger partial charge in [0.25, 0.3) is 0 Å². The SMILES string of the molecule is COc1ccc(C)cc1NCCc1ccccn1. The molecule has 0 radical (unpaired) electrons. The van der Waals surface area contributed by atoms with Crippen molar-refractivity contribution < 1.29 is 4.74 Å². The second-order valence-corrected chi connectivity index (χ2v) is 4.20. The molecule has 1 N–H and O–H groups in total. The largest absolute Gasteiger partial charge is 0.495 e. The van der Waals surface area contributed by atoms with Gasteiger partial charge in [-0.15, -0.1) is 0 Å². The van der Waals surface area contributed by atoms with Crippen molar-refractivity contribution in [3.63, 3.8) is 0 Å². The van der Waals surface area contributed by atoms with E-state index in [2.05, 4.69) is 23.3 Å². The molecule has 3 nitrogen and oxygen atoms in total. The lowest BCUT2D eigenvalue weighted by molar-refractivity contribution is 0.416. The van der Waals surface area contributed by atoms with Gasteiger partial charge >= 0.3 is 0 Å². The van der Waals surface area contributed by atoms with Gasteiger partial charge < -0.3 is 10.1 Å². The van der Waals surface area contributed by atoms with Crippen LogP contribution in [0.5, 0.6) is 5.75 Å². The van der Waals surface area contributed by atoms with Crippen LogP contribution in [0, 0.1) is 6.92 Å². The molecule has 94 valence electrons. The second-order valence-electron chi connectivity index (χ2n) is 4.20. The average molecular weight is 242 g/mol. The minimum atomic E-state index is 0.844. The van der Waals surface area contributed by atoms with Crippen molar-refractivity contribution in [2.24, 2.45) is 0 Å². The molecule has 1 aromatic heterocycles. The Bertz CT molecular complexity index is 497. The summed E-state index contributed by atoms with van der Waals surface area (Å²) in [6.45, 7) is 2.92. The van der Waals surface area contributed by atoms with E-state index in [1.165, 1.54) is 5.56 Å². The molecule has 0 aliphatic rings. The fourth-order valence-electron chi connectivity index (χ4n) is 1.83. The number of nitrogens with one attached hydrogen (secondary N) is 1. The number of aromatic nitrogens is 1. The van der Waals surface area contributed by atoms with Crippen LogP contribution in [-0.2, 0) is 6.42 Å². The summed E-state index contributed by atoms with van der Waals surface area (Å²) in [6.07, 6.45) is 2.72. The molecular formula is C15H18N2O. The monoisotopic (exact) mass is 242 g/mol. The highest BCUT2D eigenvalue weighted by Crippen LogP contribution is 2.24. The number of hydrogen-bond donors (Lipinski definition) is 1. The van der Waals surface area contributed by atoms with Crippen molar-refractivity contribution in [3.05, 3.63) is 53.9 Å². The van der Waals surface area contributed by atoms with Gasteiger partial charge in [-0.3, -0.25) is 4.98 Å².